The minimum Gasteiger partial charge on any atom is -0.464 e. The molecule has 1 N–H and O–H groups in total. The molecule has 1 saturated heterocycles. The molecule has 0 spiro atoms. The van der Waals surface area contributed by atoms with Crippen LogP contribution < -0.4 is 10.2 Å². The van der Waals surface area contributed by atoms with Crippen molar-refractivity contribution in [3.63, 3.8) is 0 Å². The summed E-state index contributed by atoms with van der Waals surface area (Å²) in [5, 5.41) is 5.99. The van der Waals surface area contributed by atoms with Crippen molar-refractivity contribution in [2.45, 2.75) is 19.9 Å². The van der Waals surface area contributed by atoms with E-state index in [1.54, 1.807) is 11.3 Å². The lowest BCUT2D eigenvalue weighted by molar-refractivity contribution is 0.189. The summed E-state index contributed by atoms with van der Waals surface area (Å²) in [5.74, 6) is 1.64. The fourth-order valence-electron chi connectivity index (χ4n) is 2.51. The number of hydrogen-bond donors (Lipinski definition) is 1. The van der Waals surface area contributed by atoms with Gasteiger partial charge < -0.3 is 19.5 Å². The third kappa shape index (κ3) is 3.24. The van der Waals surface area contributed by atoms with Gasteiger partial charge in [0.1, 0.15) is 11.5 Å². The summed E-state index contributed by atoms with van der Waals surface area (Å²) in [4.78, 5) is 20.7. The van der Waals surface area contributed by atoms with Crippen LogP contribution in [0.15, 0.2) is 28.1 Å². The first-order chi connectivity index (χ1) is 10.6. The molecular formula is C15H20N4O2S. The predicted octanol–water partition coefficient (Wildman–Crippen LogP) is 2.64. The number of aryl methyl sites for hydroxylation is 1. The topological polar surface area (TPSA) is 61.6 Å². The largest absolute Gasteiger partial charge is 0.464 e. The monoisotopic (exact) mass is 320 g/mol. The zero-order valence-electron chi connectivity index (χ0n) is 12.8. The maximum atomic E-state index is 12.3. The number of urea groups is 1. The van der Waals surface area contributed by atoms with E-state index in [0.717, 1.165) is 29.7 Å². The number of furan rings is 1. The van der Waals surface area contributed by atoms with Crippen molar-refractivity contribution < 1.29 is 9.21 Å². The second kappa shape index (κ2) is 6.39. The lowest BCUT2D eigenvalue weighted by atomic mass is 10.2. The highest BCUT2D eigenvalue weighted by atomic mass is 32.1. The summed E-state index contributed by atoms with van der Waals surface area (Å²) in [6.45, 7) is 6.87. The molecule has 6 nitrogen and oxygen atoms in total. The molecule has 3 heterocycles. The van der Waals surface area contributed by atoms with Gasteiger partial charge in [0.05, 0.1) is 6.04 Å². The van der Waals surface area contributed by atoms with Gasteiger partial charge in [0, 0.05) is 37.8 Å². The normalized spacial score (nSPS) is 16.6. The number of hydrogen-bond acceptors (Lipinski definition) is 5. The van der Waals surface area contributed by atoms with Gasteiger partial charge in [-0.05, 0) is 26.0 Å². The van der Waals surface area contributed by atoms with Crippen LogP contribution in [0.25, 0.3) is 0 Å². The second-order valence-electron chi connectivity index (χ2n) is 5.41. The Morgan fingerprint density at radius 3 is 2.73 bits per heavy atom. The third-order valence-electron chi connectivity index (χ3n) is 3.78. The Labute approximate surface area is 133 Å². The van der Waals surface area contributed by atoms with Gasteiger partial charge in [0.15, 0.2) is 5.13 Å². The summed E-state index contributed by atoms with van der Waals surface area (Å²) in [5.41, 5.74) is 0. The Hall–Kier alpha value is -2.02. The van der Waals surface area contributed by atoms with E-state index in [1.807, 2.05) is 42.5 Å². The van der Waals surface area contributed by atoms with Gasteiger partial charge in [-0.25, -0.2) is 9.78 Å². The number of carbonyl (C=O) groups is 1. The average Bonchev–Trinajstić information content (AvgIpc) is 3.18. The lowest BCUT2D eigenvalue weighted by Crippen LogP contribution is -2.52. The number of carbonyl (C=O) groups excluding carboxylic acids is 1. The Morgan fingerprint density at radius 2 is 2.14 bits per heavy atom. The van der Waals surface area contributed by atoms with Crippen molar-refractivity contribution in [3.8, 4) is 0 Å². The molecule has 2 aromatic rings. The van der Waals surface area contributed by atoms with Crippen LogP contribution >= 0.6 is 11.3 Å². The average molecular weight is 320 g/mol. The standard InChI is InChI=1S/C15H20N4O2S/c1-11-3-4-13(21-11)12(2)17-14(20)18-6-8-19(9-7-18)15-16-5-10-22-15/h3-5,10,12H,6-9H2,1-2H3,(H,17,20). The quantitative estimate of drug-likeness (QED) is 0.944. The Morgan fingerprint density at radius 1 is 1.36 bits per heavy atom. The summed E-state index contributed by atoms with van der Waals surface area (Å²) >= 11 is 1.63. The van der Waals surface area contributed by atoms with Crippen LogP contribution in [-0.2, 0) is 0 Å². The molecule has 118 valence electrons. The van der Waals surface area contributed by atoms with E-state index >= 15 is 0 Å². The van der Waals surface area contributed by atoms with Gasteiger partial charge in [0.25, 0.3) is 0 Å². The van der Waals surface area contributed by atoms with E-state index in [1.165, 1.54) is 0 Å². The number of rotatable bonds is 3. The van der Waals surface area contributed by atoms with Crippen molar-refractivity contribution in [3.05, 3.63) is 35.2 Å². The molecule has 0 saturated carbocycles. The minimum atomic E-state index is -0.127. The Balaban J connectivity index is 1.51. The summed E-state index contributed by atoms with van der Waals surface area (Å²) in [6, 6.07) is 3.64. The van der Waals surface area contributed by atoms with Crippen molar-refractivity contribution >= 4 is 22.5 Å². The van der Waals surface area contributed by atoms with Crippen LogP contribution in [0.1, 0.15) is 24.5 Å². The van der Waals surface area contributed by atoms with Crippen molar-refractivity contribution in [2.75, 3.05) is 31.1 Å². The molecule has 3 rings (SSSR count). The summed E-state index contributed by atoms with van der Waals surface area (Å²) < 4.78 is 5.55. The molecule has 1 aliphatic heterocycles. The lowest BCUT2D eigenvalue weighted by Gasteiger charge is -2.35. The minimum absolute atomic E-state index is 0.0414. The van der Waals surface area contributed by atoms with E-state index in [0.29, 0.717) is 13.1 Å². The van der Waals surface area contributed by atoms with Crippen molar-refractivity contribution in [1.29, 1.82) is 0 Å². The molecule has 1 fully saturated rings. The fourth-order valence-corrected chi connectivity index (χ4v) is 3.20. The first-order valence-corrected chi connectivity index (χ1v) is 8.27. The van der Waals surface area contributed by atoms with E-state index < -0.39 is 0 Å². The zero-order chi connectivity index (χ0) is 15.5. The predicted molar refractivity (Wildman–Crippen MR) is 86.3 cm³/mol. The molecule has 2 aromatic heterocycles. The molecule has 22 heavy (non-hydrogen) atoms. The second-order valence-corrected chi connectivity index (χ2v) is 6.28. The smallest absolute Gasteiger partial charge is 0.318 e. The number of piperazine rings is 1. The van der Waals surface area contributed by atoms with Crippen molar-refractivity contribution in [1.82, 2.24) is 15.2 Å². The highest BCUT2D eigenvalue weighted by molar-refractivity contribution is 7.13. The number of thiazole rings is 1. The molecule has 1 aliphatic rings. The molecule has 7 heteroatoms. The maximum Gasteiger partial charge on any atom is 0.318 e. The molecule has 0 radical (unpaired) electrons. The van der Waals surface area contributed by atoms with Crippen LogP contribution in [0.3, 0.4) is 0 Å². The molecular weight excluding hydrogens is 300 g/mol. The Bertz CT molecular complexity index is 617. The third-order valence-corrected chi connectivity index (χ3v) is 4.62. The first kappa shape index (κ1) is 14.9. The van der Waals surface area contributed by atoms with Gasteiger partial charge >= 0.3 is 6.03 Å². The molecule has 2 amide bonds. The highest BCUT2D eigenvalue weighted by Crippen LogP contribution is 2.19. The Kier molecular flexibility index (Phi) is 4.33. The summed E-state index contributed by atoms with van der Waals surface area (Å²) in [7, 11) is 0. The van der Waals surface area contributed by atoms with Gasteiger partial charge in [-0.15, -0.1) is 11.3 Å². The molecule has 1 atom stereocenters. The highest BCUT2D eigenvalue weighted by Gasteiger charge is 2.24. The number of anilines is 1. The molecule has 0 bridgehead atoms. The van der Waals surface area contributed by atoms with E-state index in [-0.39, 0.29) is 12.1 Å². The number of nitrogens with zero attached hydrogens (tertiary/aromatic N) is 3. The van der Waals surface area contributed by atoms with Crippen LogP contribution in [0.5, 0.6) is 0 Å². The fraction of sp³-hybridized carbons (Fsp3) is 0.467. The number of amides is 2. The van der Waals surface area contributed by atoms with Crippen LogP contribution in [0, 0.1) is 6.92 Å². The van der Waals surface area contributed by atoms with Gasteiger partial charge in [-0.3, -0.25) is 0 Å². The van der Waals surface area contributed by atoms with Gasteiger partial charge in [-0.1, -0.05) is 0 Å². The molecule has 0 aliphatic carbocycles. The maximum absolute atomic E-state index is 12.3. The van der Waals surface area contributed by atoms with Crippen LogP contribution in [0.4, 0.5) is 9.93 Å². The van der Waals surface area contributed by atoms with Crippen LogP contribution in [0.2, 0.25) is 0 Å². The van der Waals surface area contributed by atoms with Gasteiger partial charge in [0.2, 0.25) is 0 Å². The number of aromatic nitrogens is 1. The van der Waals surface area contributed by atoms with E-state index in [4.69, 9.17) is 4.42 Å². The van der Waals surface area contributed by atoms with E-state index in [9.17, 15) is 4.79 Å². The molecule has 0 aromatic carbocycles. The number of nitrogens with one attached hydrogen (secondary N) is 1. The van der Waals surface area contributed by atoms with Crippen LogP contribution in [-0.4, -0.2) is 42.1 Å². The SMILES string of the molecule is Cc1ccc(C(C)NC(=O)N2CCN(c3nccs3)CC2)o1. The van der Waals surface area contributed by atoms with Gasteiger partial charge in [-0.2, -0.15) is 0 Å². The zero-order valence-corrected chi connectivity index (χ0v) is 13.6. The van der Waals surface area contributed by atoms with Crippen molar-refractivity contribution in [2.24, 2.45) is 0 Å². The molecule has 1 unspecified atom stereocenters. The van der Waals surface area contributed by atoms with E-state index in [2.05, 4.69) is 15.2 Å². The first-order valence-electron chi connectivity index (χ1n) is 7.39. The summed E-state index contributed by atoms with van der Waals surface area (Å²) in [6.07, 6.45) is 1.81.